The quantitative estimate of drug-likeness (QED) is 0.446. The number of piperidine rings is 1. The number of aromatic amines is 1. The Balaban J connectivity index is 1.31. The van der Waals surface area contributed by atoms with Gasteiger partial charge in [-0.25, -0.2) is 0 Å². The lowest BCUT2D eigenvalue weighted by molar-refractivity contribution is -0.135. The molecule has 5 rings (SSSR count). The first-order valence-electron chi connectivity index (χ1n) is 13.0. The Morgan fingerprint density at radius 1 is 1.08 bits per heavy atom. The van der Waals surface area contributed by atoms with Crippen molar-refractivity contribution in [1.29, 1.82) is 0 Å². The van der Waals surface area contributed by atoms with Gasteiger partial charge in [-0.1, -0.05) is 48.4 Å². The highest BCUT2D eigenvalue weighted by Crippen LogP contribution is 2.39. The highest BCUT2D eigenvalue weighted by molar-refractivity contribution is 6.35. The SMILES string of the molecule is Cc1c(C(=O)N2CCC3(CCCCc4ccccc4OC[C@@H](C)NC3=O)CC2)[nH]c2c(Cl)cccc12. The molecule has 1 fully saturated rings. The van der Waals surface area contributed by atoms with E-state index in [1.165, 1.54) is 5.56 Å². The number of aryl methyl sites for hydroxylation is 2. The summed E-state index contributed by atoms with van der Waals surface area (Å²) in [6.07, 6.45) is 5.06. The van der Waals surface area contributed by atoms with Gasteiger partial charge in [0.15, 0.2) is 0 Å². The maximum absolute atomic E-state index is 13.5. The molecule has 3 aromatic rings. The number of benzene rings is 2. The zero-order chi connectivity index (χ0) is 25.3. The van der Waals surface area contributed by atoms with Crippen LogP contribution in [0.25, 0.3) is 10.9 Å². The molecule has 2 amide bonds. The molecule has 36 heavy (non-hydrogen) atoms. The van der Waals surface area contributed by atoms with Crippen LogP contribution < -0.4 is 10.1 Å². The molecular formula is C29H34ClN3O3. The van der Waals surface area contributed by atoms with Crippen molar-refractivity contribution in [1.82, 2.24) is 15.2 Å². The monoisotopic (exact) mass is 507 g/mol. The zero-order valence-electron chi connectivity index (χ0n) is 21.0. The Morgan fingerprint density at radius 3 is 2.64 bits per heavy atom. The summed E-state index contributed by atoms with van der Waals surface area (Å²) >= 11 is 6.35. The van der Waals surface area contributed by atoms with E-state index in [2.05, 4.69) is 22.4 Å². The van der Waals surface area contributed by atoms with Crippen LogP contribution in [0.4, 0.5) is 0 Å². The van der Waals surface area contributed by atoms with Gasteiger partial charge in [0.05, 0.1) is 22.0 Å². The molecule has 7 heteroatoms. The van der Waals surface area contributed by atoms with Crippen molar-refractivity contribution in [2.75, 3.05) is 19.7 Å². The third-order valence-electron chi connectivity index (χ3n) is 7.94. The summed E-state index contributed by atoms with van der Waals surface area (Å²) in [5.41, 5.74) is 3.06. The Morgan fingerprint density at radius 2 is 1.86 bits per heavy atom. The van der Waals surface area contributed by atoms with E-state index in [-0.39, 0.29) is 17.9 Å². The number of ether oxygens (including phenoxy) is 1. The molecular weight excluding hydrogens is 474 g/mol. The van der Waals surface area contributed by atoms with Crippen LogP contribution in [0.3, 0.4) is 0 Å². The van der Waals surface area contributed by atoms with E-state index in [9.17, 15) is 9.59 Å². The van der Waals surface area contributed by atoms with Crippen LogP contribution in [-0.4, -0.2) is 47.4 Å². The van der Waals surface area contributed by atoms with Crippen LogP contribution in [0.5, 0.6) is 5.75 Å². The molecule has 2 aromatic carbocycles. The number of hydrogen-bond donors (Lipinski definition) is 2. The molecule has 2 aliphatic rings. The van der Waals surface area contributed by atoms with Crippen molar-refractivity contribution in [2.45, 2.75) is 58.4 Å². The number of amides is 2. The fourth-order valence-electron chi connectivity index (χ4n) is 5.68. The van der Waals surface area contributed by atoms with Gasteiger partial charge in [-0.3, -0.25) is 9.59 Å². The van der Waals surface area contributed by atoms with Gasteiger partial charge >= 0.3 is 0 Å². The minimum atomic E-state index is -0.456. The first-order valence-corrected chi connectivity index (χ1v) is 13.3. The molecule has 3 heterocycles. The predicted octanol–water partition coefficient (Wildman–Crippen LogP) is 5.66. The van der Waals surface area contributed by atoms with Crippen molar-refractivity contribution >= 4 is 34.3 Å². The maximum atomic E-state index is 13.5. The third-order valence-corrected chi connectivity index (χ3v) is 8.25. The number of nitrogens with one attached hydrogen (secondary N) is 2. The molecule has 1 aromatic heterocycles. The van der Waals surface area contributed by atoms with E-state index in [1.807, 2.05) is 49.1 Å². The number of para-hydroxylation sites is 2. The number of carbonyl (C=O) groups excluding carboxylic acids is 2. The summed E-state index contributed by atoms with van der Waals surface area (Å²) in [4.78, 5) is 32.1. The summed E-state index contributed by atoms with van der Waals surface area (Å²) in [7, 11) is 0. The number of fused-ring (bicyclic) bond motifs is 2. The summed E-state index contributed by atoms with van der Waals surface area (Å²) in [6, 6.07) is 13.8. The molecule has 2 aliphatic heterocycles. The lowest BCUT2D eigenvalue weighted by atomic mass is 9.73. The van der Waals surface area contributed by atoms with Crippen molar-refractivity contribution < 1.29 is 14.3 Å². The summed E-state index contributed by atoms with van der Waals surface area (Å²) in [6.45, 7) is 5.49. The summed E-state index contributed by atoms with van der Waals surface area (Å²) < 4.78 is 6.06. The van der Waals surface area contributed by atoms with Crippen LogP contribution in [0, 0.1) is 12.3 Å². The highest BCUT2D eigenvalue weighted by atomic mass is 35.5. The second-order valence-corrected chi connectivity index (χ2v) is 10.8. The number of hydrogen-bond acceptors (Lipinski definition) is 3. The second kappa shape index (κ2) is 10.2. The van der Waals surface area contributed by atoms with Gasteiger partial charge in [-0.05, 0) is 69.2 Å². The lowest BCUT2D eigenvalue weighted by Crippen LogP contribution is -2.52. The van der Waals surface area contributed by atoms with Gasteiger partial charge in [0.1, 0.15) is 18.1 Å². The zero-order valence-corrected chi connectivity index (χ0v) is 21.8. The molecule has 0 bridgehead atoms. The van der Waals surface area contributed by atoms with E-state index in [0.29, 0.717) is 43.3 Å². The van der Waals surface area contributed by atoms with Crippen molar-refractivity contribution in [3.05, 3.63) is 64.3 Å². The molecule has 0 radical (unpaired) electrons. The minimum Gasteiger partial charge on any atom is -0.491 e. The van der Waals surface area contributed by atoms with Gasteiger partial charge in [-0.15, -0.1) is 0 Å². The Bertz CT molecular complexity index is 1280. The number of aromatic nitrogens is 1. The number of rotatable bonds is 1. The molecule has 2 N–H and O–H groups in total. The average Bonchev–Trinajstić information content (AvgIpc) is 3.23. The molecule has 1 atom stereocenters. The topological polar surface area (TPSA) is 74.4 Å². The third kappa shape index (κ3) is 4.71. The van der Waals surface area contributed by atoms with E-state index in [0.717, 1.165) is 47.9 Å². The van der Waals surface area contributed by atoms with Crippen LogP contribution in [0.15, 0.2) is 42.5 Å². The van der Waals surface area contributed by atoms with Crippen LogP contribution in [0.1, 0.15) is 60.6 Å². The van der Waals surface area contributed by atoms with Gasteiger partial charge in [0, 0.05) is 18.5 Å². The molecule has 1 spiro atoms. The standard InChI is InChI=1S/C29H34ClN3O3/c1-19-18-36-24-12-4-3-8-21(24)9-5-6-13-29(28(35)31-19)14-16-33(17-15-29)27(34)25-20(2)22-10-7-11-23(30)26(22)32-25/h3-4,7-8,10-12,19,32H,5-6,9,13-18H2,1-2H3,(H,31,35)/t19-/m1/s1. The largest absolute Gasteiger partial charge is 0.491 e. The highest BCUT2D eigenvalue weighted by Gasteiger charge is 2.42. The van der Waals surface area contributed by atoms with Crippen LogP contribution in [0.2, 0.25) is 5.02 Å². The number of nitrogens with zero attached hydrogens (tertiary/aromatic N) is 1. The van der Waals surface area contributed by atoms with Crippen molar-refractivity contribution in [2.24, 2.45) is 5.41 Å². The Labute approximate surface area is 217 Å². The molecule has 0 unspecified atom stereocenters. The van der Waals surface area contributed by atoms with Crippen molar-refractivity contribution in [3.63, 3.8) is 0 Å². The van der Waals surface area contributed by atoms with E-state index in [1.54, 1.807) is 0 Å². The number of halogens is 1. The first-order chi connectivity index (χ1) is 17.4. The molecule has 0 aliphatic carbocycles. The normalized spacial score (nSPS) is 20.7. The molecule has 190 valence electrons. The Hall–Kier alpha value is -2.99. The molecule has 1 saturated heterocycles. The van der Waals surface area contributed by atoms with E-state index < -0.39 is 5.41 Å². The van der Waals surface area contributed by atoms with Crippen molar-refractivity contribution in [3.8, 4) is 5.75 Å². The number of carbonyl (C=O) groups is 2. The second-order valence-electron chi connectivity index (χ2n) is 10.4. The van der Waals surface area contributed by atoms with Gasteiger partial charge in [0.2, 0.25) is 5.91 Å². The number of likely N-dealkylation sites (tertiary alicyclic amines) is 1. The number of H-pyrrole nitrogens is 1. The fraction of sp³-hybridized carbons (Fsp3) is 0.448. The van der Waals surface area contributed by atoms with Gasteiger partial charge in [-0.2, -0.15) is 0 Å². The van der Waals surface area contributed by atoms with Gasteiger partial charge < -0.3 is 19.9 Å². The average molecular weight is 508 g/mol. The van der Waals surface area contributed by atoms with Gasteiger partial charge in [0.25, 0.3) is 5.91 Å². The van der Waals surface area contributed by atoms with Crippen LogP contribution >= 0.6 is 11.6 Å². The smallest absolute Gasteiger partial charge is 0.270 e. The molecule has 0 saturated carbocycles. The minimum absolute atomic E-state index is 0.0263. The fourth-order valence-corrected chi connectivity index (χ4v) is 5.90. The maximum Gasteiger partial charge on any atom is 0.270 e. The summed E-state index contributed by atoms with van der Waals surface area (Å²) in [5, 5.41) is 4.79. The Kier molecular flexibility index (Phi) is 6.98. The lowest BCUT2D eigenvalue weighted by Gasteiger charge is -2.41. The van der Waals surface area contributed by atoms with Crippen LogP contribution in [-0.2, 0) is 11.2 Å². The van der Waals surface area contributed by atoms with E-state index in [4.69, 9.17) is 16.3 Å². The summed E-state index contributed by atoms with van der Waals surface area (Å²) in [5.74, 6) is 0.976. The predicted molar refractivity (Wildman–Crippen MR) is 143 cm³/mol. The first kappa shape index (κ1) is 24.7. The van der Waals surface area contributed by atoms with E-state index >= 15 is 0 Å². The molecule has 6 nitrogen and oxygen atoms in total.